The summed E-state index contributed by atoms with van der Waals surface area (Å²) in [4.78, 5) is 34.6. The summed E-state index contributed by atoms with van der Waals surface area (Å²) in [7, 11) is 0.401. The number of carbonyl (C=O) groups is 2. The van der Waals surface area contributed by atoms with Crippen molar-refractivity contribution in [3.05, 3.63) is 52.6 Å². The van der Waals surface area contributed by atoms with Gasteiger partial charge in [-0.15, -0.1) is 0 Å². The standard InChI is InChI=1S/C21H26N4O8S/c1-24(2)34(30,31)15-10-11-19(32-3)17(13-15)23-20(26)14-33-21(27)9-6-12-22-16-7-4-5-8-18(16)25(28)29/h4-5,7-8,10-11,13,22H,6,9,12,14H2,1-3H3,(H,23,26). The normalized spacial score (nSPS) is 11.1. The highest BCUT2D eigenvalue weighted by atomic mass is 32.2. The molecule has 0 aliphatic rings. The number of anilines is 2. The SMILES string of the molecule is COc1ccc(S(=O)(=O)N(C)C)cc1NC(=O)COC(=O)CCCNc1ccccc1[N+](=O)[O-]. The summed E-state index contributed by atoms with van der Waals surface area (Å²) < 4.78 is 35.8. The fourth-order valence-corrected chi connectivity index (χ4v) is 3.73. The van der Waals surface area contributed by atoms with Crippen molar-refractivity contribution in [3.63, 3.8) is 0 Å². The molecule has 2 aromatic carbocycles. The number of carbonyl (C=O) groups excluding carboxylic acids is 2. The van der Waals surface area contributed by atoms with Crippen molar-refractivity contribution in [2.45, 2.75) is 17.7 Å². The fraction of sp³-hybridized carbons (Fsp3) is 0.333. The Morgan fingerprint density at radius 3 is 2.47 bits per heavy atom. The Labute approximate surface area is 197 Å². The molecular formula is C21H26N4O8S. The van der Waals surface area contributed by atoms with Crippen LogP contribution in [-0.2, 0) is 24.3 Å². The van der Waals surface area contributed by atoms with E-state index in [1.807, 2.05) is 0 Å². The van der Waals surface area contributed by atoms with E-state index in [-0.39, 0.29) is 35.0 Å². The maximum absolute atomic E-state index is 12.3. The molecule has 1 amide bonds. The van der Waals surface area contributed by atoms with Gasteiger partial charge in [-0.25, -0.2) is 12.7 Å². The van der Waals surface area contributed by atoms with Gasteiger partial charge in [-0.1, -0.05) is 12.1 Å². The second kappa shape index (κ2) is 12.0. The third kappa shape index (κ3) is 7.15. The molecule has 2 N–H and O–H groups in total. The molecule has 2 rings (SSSR count). The molecule has 0 aliphatic heterocycles. The maximum Gasteiger partial charge on any atom is 0.306 e. The number of nitrogens with one attached hydrogen (secondary N) is 2. The van der Waals surface area contributed by atoms with Crippen molar-refractivity contribution >= 4 is 39.0 Å². The quantitative estimate of drug-likeness (QED) is 0.195. The topological polar surface area (TPSA) is 157 Å². The molecule has 184 valence electrons. The van der Waals surface area contributed by atoms with E-state index < -0.39 is 33.4 Å². The smallest absolute Gasteiger partial charge is 0.306 e. The highest BCUT2D eigenvalue weighted by molar-refractivity contribution is 7.89. The predicted molar refractivity (Wildman–Crippen MR) is 124 cm³/mol. The van der Waals surface area contributed by atoms with Crippen molar-refractivity contribution in [1.82, 2.24) is 4.31 Å². The molecule has 0 bridgehead atoms. The van der Waals surface area contributed by atoms with Gasteiger partial charge in [-0.05, 0) is 30.7 Å². The average Bonchev–Trinajstić information content (AvgIpc) is 2.80. The van der Waals surface area contributed by atoms with Gasteiger partial charge in [0.1, 0.15) is 11.4 Å². The fourth-order valence-electron chi connectivity index (χ4n) is 2.80. The van der Waals surface area contributed by atoms with E-state index >= 15 is 0 Å². The summed E-state index contributed by atoms with van der Waals surface area (Å²) in [5, 5.41) is 16.4. The number of methoxy groups -OCH3 is 1. The monoisotopic (exact) mass is 494 g/mol. The molecule has 0 saturated carbocycles. The lowest BCUT2D eigenvalue weighted by Crippen LogP contribution is -2.23. The highest BCUT2D eigenvalue weighted by Gasteiger charge is 2.20. The van der Waals surface area contributed by atoms with Crippen LogP contribution < -0.4 is 15.4 Å². The van der Waals surface area contributed by atoms with Crippen LogP contribution in [-0.4, -0.2) is 63.9 Å². The van der Waals surface area contributed by atoms with Crippen molar-refractivity contribution < 1.29 is 32.4 Å². The lowest BCUT2D eigenvalue weighted by atomic mass is 10.2. The third-order valence-corrected chi connectivity index (χ3v) is 6.37. The van der Waals surface area contributed by atoms with Crippen LogP contribution in [0, 0.1) is 10.1 Å². The zero-order chi connectivity index (χ0) is 25.3. The number of rotatable bonds is 12. The van der Waals surface area contributed by atoms with E-state index in [4.69, 9.17) is 9.47 Å². The molecule has 12 nitrogen and oxygen atoms in total. The number of para-hydroxylation sites is 2. The largest absolute Gasteiger partial charge is 0.495 e. The van der Waals surface area contributed by atoms with Gasteiger partial charge >= 0.3 is 5.97 Å². The summed E-state index contributed by atoms with van der Waals surface area (Å²) in [5.41, 5.74) is 0.382. The molecule has 0 unspecified atom stereocenters. The number of nitro benzene ring substituents is 1. The molecule has 0 spiro atoms. The molecule has 34 heavy (non-hydrogen) atoms. The molecule has 0 aromatic heterocycles. The summed E-state index contributed by atoms with van der Waals surface area (Å²) in [6, 6.07) is 10.2. The molecule has 0 heterocycles. The van der Waals surface area contributed by atoms with Crippen LogP contribution in [0.15, 0.2) is 47.4 Å². The Hall–Kier alpha value is -3.71. The van der Waals surface area contributed by atoms with Gasteiger partial charge in [0.25, 0.3) is 11.6 Å². The molecule has 0 radical (unpaired) electrons. The summed E-state index contributed by atoms with van der Waals surface area (Å²) >= 11 is 0. The van der Waals surface area contributed by atoms with Gasteiger partial charge in [0.15, 0.2) is 6.61 Å². The molecular weight excluding hydrogens is 468 g/mol. The zero-order valence-corrected chi connectivity index (χ0v) is 19.8. The Kier molecular flexibility index (Phi) is 9.33. The number of sulfonamides is 1. The summed E-state index contributed by atoms with van der Waals surface area (Å²) in [6.45, 7) is -0.291. The van der Waals surface area contributed by atoms with Gasteiger partial charge in [0.05, 0.1) is 22.6 Å². The highest BCUT2D eigenvalue weighted by Crippen LogP contribution is 2.28. The minimum absolute atomic E-state index is 0.0131. The number of ether oxygens (including phenoxy) is 2. The number of benzene rings is 2. The summed E-state index contributed by atoms with van der Waals surface area (Å²) in [6.07, 6.45) is 0.311. The molecule has 0 saturated heterocycles. The zero-order valence-electron chi connectivity index (χ0n) is 18.9. The van der Waals surface area contributed by atoms with Gasteiger partial charge in [-0.3, -0.25) is 19.7 Å². The average molecular weight is 495 g/mol. The third-order valence-electron chi connectivity index (χ3n) is 4.56. The first-order chi connectivity index (χ1) is 16.1. The van der Waals surface area contributed by atoms with Crippen molar-refractivity contribution in [3.8, 4) is 5.75 Å². The van der Waals surface area contributed by atoms with Crippen LogP contribution in [0.4, 0.5) is 17.1 Å². The molecule has 2 aromatic rings. The predicted octanol–water partition coefficient (Wildman–Crippen LogP) is 2.23. The number of nitrogens with zero attached hydrogens (tertiary/aromatic N) is 2. The number of nitro groups is 1. The molecule has 0 fully saturated rings. The first-order valence-corrected chi connectivity index (χ1v) is 11.5. The van der Waals surface area contributed by atoms with E-state index in [9.17, 15) is 28.1 Å². The van der Waals surface area contributed by atoms with Crippen molar-refractivity contribution in [2.24, 2.45) is 0 Å². The minimum Gasteiger partial charge on any atom is -0.495 e. The first kappa shape index (κ1) is 26.5. The van der Waals surface area contributed by atoms with E-state index in [1.54, 1.807) is 18.2 Å². The summed E-state index contributed by atoms with van der Waals surface area (Å²) in [5.74, 6) is -1.07. The van der Waals surface area contributed by atoms with Gasteiger partial charge in [-0.2, -0.15) is 0 Å². The number of amides is 1. The van der Waals surface area contributed by atoms with Crippen LogP contribution in [0.25, 0.3) is 0 Å². The molecule has 13 heteroatoms. The number of esters is 1. The van der Waals surface area contributed by atoms with E-state index in [0.717, 1.165) is 4.31 Å². The van der Waals surface area contributed by atoms with E-state index in [2.05, 4.69) is 10.6 Å². The van der Waals surface area contributed by atoms with Crippen LogP contribution in [0.3, 0.4) is 0 Å². The van der Waals surface area contributed by atoms with Crippen LogP contribution in [0.1, 0.15) is 12.8 Å². The molecule has 0 atom stereocenters. The number of hydrogen-bond acceptors (Lipinski definition) is 9. The maximum atomic E-state index is 12.3. The van der Waals surface area contributed by atoms with Crippen molar-refractivity contribution in [1.29, 1.82) is 0 Å². The van der Waals surface area contributed by atoms with Crippen molar-refractivity contribution in [2.75, 3.05) is 45.0 Å². The minimum atomic E-state index is -3.73. The Balaban J connectivity index is 1.85. The van der Waals surface area contributed by atoms with Crippen LogP contribution in [0.5, 0.6) is 5.75 Å². The lowest BCUT2D eigenvalue weighted by Gasteiger charge is -2.15. The first-order valence-electron chi connectivity index (χ1n) is 10.1. The second-order valence-corrected chi connectivity index (χ2v) is 9.31. The van der Waals surface area contributed by atoms with Gasteiger partial charge in [0.2, 0.25) is 10.0 Å². The second-order valence-electron chi connectivity index (χ2n) is 7.16. The van der Waals surface area contributed by atoms with Gasteiger partial charge < -0.3 is 20.1 Å². The van der Waals surface area contributed by atoms with Crippen LogP contribution in [0.2, 0.25) is 0 Å². The van der Waals surface area contributed by atoms with E-state index in [1.165, 1.54) is 45.5 Å². The Morgan fingerprint density at radius 1 is 1.12 bits per heavy atom. The van der Waals surface area contributed by atoms with Crippen LogP contribution >= 0.6 is 0 Å². The molecule has 0 aliphatic carbocycles. The Bertz CT molecular complexity index is 1150. The lowest BCUT2D eigenvalue weighted by molar-refractivity contribution is -0.384. The van der Waals surface area contributed by atoms with E-state index in [0.29, 0.717) is 12.1 Å². The van der Waals surface area contributed by atoms with Gasteiger partial charge in [0, 0.05) is 33.1 Å². The number of hydrogen-bond donors (Lipinski definition) is 2. The Morgan fingerprint density at radius 2 is 1.82 bits per heavy atom.